The number of alkyl halides is 3. The van der Waals surface area contributed by atoms with Crippen molar-refractivity contribution in [1.29, 1.82) is 0 Å². The number of hydrogen-bond donors (Lipinski definition) is 2. The van der Waals surface area contributed by atoms with Crippen LogP contribution < -0.4 is 10.6 Å². The lowest BCUT2D eigenvalue weighted by molar-refractivity contribution is -0.173. The first-order chi connectivity index (χ1) is 8.42. The van der Waals surface area contributed by atoms with Gasteiger partial charge in [-0.1, -0.05) is 0 Å². The fraction of sp³-hybridized carbons (Fsp3) is 0.700. The van der Waals surface area contributed by atoms with Gasteiger partial charge in [-0.15, -0.1) is 0 Å². The van der Waals surface area contributed by atoms with Crippen LogP contribution >= 0.6 is 0 Å². The van der Waals surface area contributed by atoms with E-state index in [1.54, 1.807) is 20.8 Å². The van der Waals surface area contributed by atoms with Crippen molar-refractivity contribution in [2.24, 2.45) is 0 Å². The highest BCUT2D eigenvalue weighted by atomic mass is 19.4. The molecule has 0 heterocycles. The highest BCUT2D eigenvalue weighted by molar-refractivity contribution is 5.90. The minimum absolute atomic E-state index is 0.535. The topological polar surface area (TPSA) is 84.5 Å². The van der Waals surface area contributed by atoms with Gasteiger partial charge in [-0.3, -0.25) is 9.59 Å². The lowest BCUT2D eigenvalue weighted by Gasteiger charge is -2.19. The van der Waals surface area contributed by atoms with Gasteiger partial charge in [-0.05, 0) is 20.8 Å². The smallest absolute Gasteiger partial charge is 0.444 e. The molecular weight excluding hydrogens is 269 g/mol. The Morgan fingerprint density at radius 3 is 1.89 bits per heavy atom. The van der Waals surface area contributed by atoms with Gasteiger partial charge in [0.15, 0.2) is 5.78 Å². The summed E-state index contributed by atoms with van der Waals surface area (Å²) < 4.78 is 40.2. The number of ether oxygens (including phenoxy) is 1. The Hall–Kier alpha value is -1.80. The summed E-state index contributed by atoms with van der Waals surface area (Å²) >= 11 is 0. The summed E-state index contributed by atoms with van der Waals surface area (Å²) in [6.07, 6.45) is -5.92. The number of amides is 2. The molecule has 2 amide bonds. The second-order valence-corrected chi connectivity index (χ2v) is 4.57. The van der Waals surface area contributed by atoms with Crippen molar-refractivity contribution < 1.29 is 32.3 Å². The Labute approximate surface area is 107 Å². The molecule has 9 heteroatoms. The van der Waals surface area contributed by atoms with Crippen LogP contribution in [-0.4, -0.2) is 42.7 Å². The van der Waals surface area contributed by atoms with Gasteiger partial charge in [-0.25, -0.2) is 4.79 Å². The Morgan fingerprint density at radius 1 is 1.00 bits per heavy atom. The molecular formula is C10H15F3N2O4. The van der Waals surface area contributed by atoms with Gasteiger partial charge >= 0.3 is 18.2 Å². The van der Waals surface area contributed by atoms with Crippen molar-refractivity contribution in [2.45, 2.75) is 32.5 Å². The zero-order valence-electron chi connectivity index (χ0n) is 10.7. The van der Waals surface area contributed by atoms with Crippen molar-refractivity contribution in [1.82, 2.24) is 10.6 Å². The van der Waals surface area contributed by atoms with Crippen molar-refractivity contribution in [3.8, 4) is 0 Å². The van der Waals surface area contributed by atoms with Crippen LogP contribution in [0.25, 0.3) is 0 Å². The maximum atomic E-state index is 11.8. The minimum atomic E-state index is -5.04. The molecule has 0 bridgehead atoms. The molecule has 0 aliphatic carbocycles. The molecule has 0 saturated carbocycles. The van der Waals surface area contributed by atoms with Crippen molar-refractivity contribution in [3.05, 3.63) is 0 Å². The molecule has 0 aromatic rings. The number of carbonyl (C=O) groups is 3. The largest absolute Gasteiger partial charge is 0.471 e. The monoisotopic (exact) mass is 284 g/mol. The van der Waals surface area contributed by atoms with Crippen LogP contribution in [0.2, 0.25) is 0 Å². The van der Waals surface area contributed by atoms with Gasteiger partial charge in [0.05, 0.1) is 13.1 Å². The maximum Gasteiger partial charge on any atom is 0.471 e. The number of rotatable bonds is 4. The second kappa shape index (κ2) is 6.39. The summed E-state index contributed by atoms with van der Waals surface area (Å²) in [6.45, 7) is 3.47. The highest BCUT2D eigenvalue weighted by Crippen LogP contribution is 2.13. The molecule has 19 heavy (non-hydrogen) atoms. The normalized spacial score (nSPS) is 11.7. The standard InChI is InChI=1S/C10H15F3N2O4/c1-9(2,3)19-8(18)15-5-6(16)4-14-7(17)10(11,12)13/h4-5H2,1-3H3,(H,14,17)(H,15,18). The number of hydrogen-bond acceptors (Lipinski definition) is 4. The van der Waals surface area contributed by atoms with E-state index in [4.69, 9.17) is 4.74 Å². The van der Waals surface area contributed by atoms with Crippen molar-refractivity contribution in [3.63, 3.8) is 0 Å². The van der Waals surface area contributed by atoms with E-state index >= 15 is 0 Å². The van der Waals surface area contributed by atoms with Gasteiger partial charge in [0.1, 0.15) is 5.60 Å². The van der Waals surface area contributed by atoms with Crippen LogP contribution in [0.5, 0.6) is 0 Å². The molecule has 0 rings (SSSR count). The van der Waals surface area contributed by atoms with E-state index in [-0.39, 0.29) is 0 Å². The molecule has 0 unspecified atom stereocenters. The molecule has 0 saturated heterocycles. The van der Waals surface area contributed by atoms with Crippen LogP contribution in [0.3, 0.4) is 0 Å². The van der Waals surface area contributed by atoms with Crippen molar-refractivity contribution >= 4 is 17.8 Å². The third kappa shape index (κ3) is 8.86. The highest BCUT2D eigenvalue weighted by Gasteiger charge is 2.38. The predicted molar refractivity (Wildman–Crippen MR) is 58.3 cm³/mol. The van der Waals surface area contributed by atoms with E-state index < -0.39 is 42.7 Å². The summed E-state index contributed by atoms with van der Waals surface area (Å²) in [5, 5.41) is 3.45. The van der Waals surface area contributed by atoms with Gasteiger partial charge in [0.25, 0.3) is 0 Å². The average molecular weight is 284 g/mol. The summed E-state index contributed by atoms with van der Waals surface area (Å²) in [7, 11) is 0. The second-order valence-electron chi connectivity index (χ2n) is 4.57. The number of nitrogens with one attached hydrogen (secondary N) is 2. The van der Waals surface area contributed by atoms with E-state index in [0.717, 1.165) is 0 Å². The summed E-state index contributed by atoms with van der Waals surface area (Å²) in [5.74, 6) is -3.00. The van der Waals surface area contributed by atoms with E-state index in [1.807, 2.05) is 0 Å². The summed E-state index contributed by atoms with van der Waals surface area (Å²) in [4.78, 5) is 32.6. The molecule has 2 N–H and O–H groups in total. The first-order valence-corrected chi connectivity index (χ1v) is 5.25. The SMILES string of the molecule is CC(C)(C)OC(=O)NCC(=O)CNC(=O)C(F)(F)F. The van der Waals surface area contributed by atoms with E-state index in [9.17, 15) is 27.6 Å². The molecule has 0 atom stereocenters. The Morgan fingerprint density at radius 2 is 1.47 bits per heavy atom. The molecule has 0 radical (unpaired) electrons. The fourth-order valence-electron chi connectivity index (χ4n) is 0.827. The molecule has 0 aliphatic heterocycles. The molecule has 0 spiro atoms. The first-order valence-electron chi connectivity index (χ1n) is 5.25. The molecule has 0 aliphatic rings. The Kier molecular flexibility index (Phi) is 5.79. The third-order valence-electron chi connectivity index (χ3n) is 1.53. The van der Waals surface area contributed by atoms with Gasteiger partial charge in [-0.2, -0.15) is 13.2 Å². The fourth-order valence-corrected chi connectivity index (χ4v) is 0.827. The molecule has 0 fully saturated rings. The third-order valence-corrected chi connectivity index (χ3v) is 1.53. The van der Waals surface area contributed by atoms with Crippen LogP contribution in [0, 0.1) is 0 Å². The number of alkyl carbamates (subject to hydrolysis) is 1. The van der Waals surface area contributed by atoms with Crippen LogP contribution in [0.4, 0.5) is 18.0 Å². The average Bonchev–Trinajstić information content (AvgIpc) is 2.19. The first kappa shape index (κ1) is 17.2. The zero-order chi connectivity index (χ0) is 15.3. The molecule has 110 valence electrons. The summed E-state index contributed by atoms with van der Waals surface area (Å²) in [5.41, 5.74) is -0.752. The zero-order valence-corrected chi connectivity index (χ0v) is 10.7. The van der Waals surface area contributed by atoms with Crippen LogP contribution in [0.15, 0.2) is 0 Å². The van der Waals surface area contributed by atoms with Crippen molar-refractivity contribution in [2.75, 3.05) is 13.1 Å². The molecule has 6 nitrogen and oxygen atoms in total. The lowest BCUT2D eigenvalue weighted by atomic mass is 10.2. The number of Topliss-reactive ketones (excluding diaryl/α,β-unsaturated/α-hetero) is 1. The number of halogens is 3. The summed E-state index contributed by atoms with van der Waals surface area (Å²) in [6, 6.07) is 0. The Bertz CT molecular complexity index is 361. The van der Waals surface area contributed by atoms with Crippen LogP contribution in [-0.2, 0) is 14.3 Å². The minimum Gasteiger partial charge on any atom is -0.444 e. The lowest BCUT2D eigenvalue weighted by Crippen LogP contribution is -2.43. The molecule has 0 aromatic carbocycles. The van der Waals surface area contributed by atoms with E-state index in [1.165, 1.54) is 5.32 Å². The number of ketones is 1. The van der Waals surface area contributed by atoms with E-state index in [2.05, 4.69) is 5.32 Å². The quantitative estimate of drug-likeness (QED) is 0.798. The van der Waals surface area contributed by atoms with Crippen LogP contribution in [0.1, 0.15) is 20.8 Å². The van der Waals surface area contributed by atoms with Gasteiger partial charge in [0.2, 0.25) is 0 Å². The Balaban J connectivity index is 3.95. The van der Waals surface area contributed by atoms with Gasteiger partial charge in [0, 0.05) is 0 Å². The molecule has 0 aromatic heterocycles. The van der Waals surface area contributed by atoms with Gasteiger partial charge < -0.3 is 15.4 Å². The van der Waals surface area contributed by atoms with E-state index in [0.29, 0.717) is 0 Å². The predicted octanol–water partition coefficient (Wildman–Crippen LogP) is 0.759. The maximum absolute atomic E-state index is 11.8. The number of carbonyl (C=O) groups excluding carboxylic acids is 3.